The summed E-state index contributed by atoms with van der Waals surface area (Å²) in [6.07, 6.45) is 6.39. The first-order valence-corrected chi connectivity index (χ1v) is 12.1. The molecule has 4 heterocycles. The fourth-order valence-electron chi connectivity index (χ4n) is 3.58. The Morgan fingerprint density at radius 2 is 1.71 bits per heavy atom. The first-order chi connectivity index (χ1) is 13.8. The van der Waals surface area contributed by atoms with Crippen LogP contribution in [-0.2, 0) is 6.42 Å². The van der Waals surface area contributed by atoms with Crippen molar-refractivity contribution in [2.24, 2.45) is 0 Å². The molecule has 0 saturated heterocycles. The molecule has 6 rings (SSSR count). The highest BCUT2D eigenvalue weighted by Gasteiger charge is 2.21. The van der Waals surface area contributed by atoms with Gasteiger partial charge in [0.05, 0.1) is 15.2 Å². The average Bonchev–Trinajstić information content (AvgIpc) is 2.75. The average molecular weight is 415 g/mol. The number of hydrogen-bond acceptors (Lipinski definition) is 6. The van der Waals surface area contributed by atoms with E-state index in [-0.39, 0.29) is 0 Å². The molecule has 7 heteroatoms. The predicted molar refractivity (Wildman–Crippen MR) is 115 cm³/mol. The van der Waals surface area contributed by atoms with Gasteiger partial charge in [-0.2, -0.15) is 0 Å². The van der Waals surface area contributed by atoms with Crippen LogP contribution in [0.4, 0.5) is 0 Å². The molecule has 2 aliphatic rings. The van der Waals surface area contributed by atoms with Crippen LogP contribution < -0.4 is 10.4 Å². The van der Waals surface area contributed by atoms with E-state index in [2.05, 4.69) is 52.4 Å². The molecule has 4 aromatic rings. The third kappa shape index (κ3) is 2.78. The number of rotatable bonds is 1. The quantitative estimate of drug-likeness (QED) is 0.304. The van der Waals surface area contributed by atoms with E-state index in [0.29, 0.717) is 0 Å². The van der Waals surface area contributed by atoms with Gasteiger partial charge >= 0.3 is 0 Å². The summed E-state index contributed by atoms with van der Waals surface area (Å²) in [5.74, 6) is 0.799. The molecular formula is C21H14N4S2Si. The van der Waals surface area contributed by atoms with Crippen molar-refractivity contribution >= 4 is 43.4 Å². The molecule has 28 heavy (non-hydrogen) atoms. The van der Waals surface area contributed by atoms with Crippen LogP contribution in [0.25, 0.3) is 11.4 Å². The Labute approximate surface area is 173 Å². The number of hydrogen-bond donors (Lipinski definition) is 0. The number of aromatic nitrogens is 4. The van der Waals surface area contributed by atoms with Gasteiger partial charge in [-0.3, -0.25) is 4.98 Å². The molecular weight excluding hydrogens is 400 g/mol. The maximum atomic E-state index is 4.92. The zero-order valence-electron chi connectivity index (χ0n) is 14.8. The first kappa shape index (κ1) is 16.5. The van der Waals surface area contributed by atoms with E-state index in [4.69, 9.17) is 9.97 Å². The molecule has 0 spiro atoms. The molecule has 2 aromatic carbocycles. The molecule has 2 aromatic heterocycles. The highest BCUT2D eigenvalue weighted by Crippen LogP contribution is 2.39. The third-order valence-electron chi connectivity index (χ3n) is 5.01. The van der Waals surface area contributed by atoms with Crippen LogP contribution in [0, 0.1) is 0 Å². The maximum Gasteiger partial charge on any atom is 0.160 e. The van der Waals surface area contributed by atoms with Crippen molar-refractivity contribution in [2.45, 2.75) is 26.3 Å². The lowest BCUT2D eigenvalue weighted by atomic mass is 10.1. The van der Waals surface area contributed by atoms with Crippen LogP contribution in [0.2, 0.25) is 0 Å². The first-order valence-electron chi connectivity index (χ1n) is 9.06. The Bertz CT molecular complexity index is 1150. The van der Waals surface area contributed by atoms with E-state index in [9.17, 15) is 0 Å². The molecule has 0 amide bonds. The second-order valence-corrected chi connectivity index (χ2v) is 10.8. The van der Waals surface area contributed by atoms with Crippen molar-refractivity contribution in [1.29, 1.82) is 0 Å². The second-order valence-electron chi connectivity index (χ2n) is 6.82. The molecule has 0 bridgehead atoms. The van der Waals surface area contributed by atoms with Gasteiger partial charge in [0, 0.05) is 40.4 Å². The van der Waals surface area contributed by atoms with Gasteiger partial charge in [-0.25, -0.2) is 15.0 Å². The largest absolute Gasteiger partial charge is 0.257 e. The lowest BCUT2D eigenvalue weighted by molar-refractivity contribution is 0.901. The van der Waals surface area contributed by atoms with E-state index < -0.39 is 9.52 Å². The zero-order valence-corrected chi connectivity index (χ0v) is 17.8. The summed E-state index contributed by atoms with van der Waals surface area (Å²) in [5, 5.41) is 4.94. The van der Waals surface area contributed by atoms with E-state index in [1.165, 1.54) is 25.7 Å². The van der Waals surface area contributed by atoms with E-state index >= 15 is 0 Å². The third-order valence-corrected chi connectivity index (χ3v) is 9.72. The fraction of sp³-hybridized carbons (Fsp3) is 0.0476. The van der Waals surface area contributed by atoms with Crippen LogP contribution in [0.15, 0.2) is 80.9 Å². The van der Waals surface area contributed by atoms with Gasteiger partial charge < -0.3 is 0 Å². The van der Waals surface area contributed by atoms with Gasteiger partial charge in [0.15, 0.2) is 5.82 Å². The molecule has 0 saturated carbocycles. The highest BCUT2D eigenvalue weighted by molar-refractivity contribution is 8.00. The number of benzene rings is 2. The van der Waals surface area contributed by atoms with Gasteiger partial charge in [0.1, 0.15) is 10.1 Å². The Morgan fingerprint density at radius 3 is 2.71 bits per heavy atom. The van der Waals surface area contributed by atoms with E-state index in [1.807, 2.05) is 6.20 Å². The maximum absolute atomic E-state index is 4.92. The SMILES string of the molecule is c1ccc2c(c1)[SiH2]c1cnc(-c3ccc4c(c3)Sc3nccnc3C4)nc1S2. The molecule has 0 atom stereocenters. The topological polar surface area (TPSA) is 51.6 Å². The normalized spacial score (nSPS) is 14.7. The Balaban J connectivity index is 1.36. The molecule has 0 aliphatic carbocycles. The minimum Gasteiger partial charge on any atom is -0.257 e. The molecule has 2 aliphatic heterocycles. The number of nitrogens with zero attached hydrogens (tertiary/aromatic N) is 4. The van der Waals surface area contributed by atoms with Crippen molar-refractivity contribution < 1.29 is 0 Å². The lowest BCUT2D eigenvalue weighted by Gasteiger charge is -2.19. The monoisotopic (exact) mass is 414 g/mol. The van der Waals surface area contributed by atoms with Crippen LogP contribution in [0.3, 0.4) is 0 Å². The number of fused-ring (bicyclic) bond motifs is 4. The smallest absolute Gasteiger partial charge is 0.160 e. The molecule has 0 fully saturated rings. The van der Waals surface area contributed by atoms with Gasteiger partial charge in [0.2, 0.25) is 0 Å². The van der Waals surface area contributed by atoms with Crippen LogP contribution >= 0.6 is 23.5 Å². The molecule has 0 unspecified atom stereocenters. The lowest BCUT2D eigenvalue weighted by Crippen LogP contribution is -2.34. The van der Waals surface area contributed by atoms with Crippen LogP contribution in [-0.4, -0.2) is 29.5 Å². The molecule has 0 N–H and O–H groups in total. The summed E-state index contributed by atoms with van der Waals surface area (Å²) in [6.45, 7) is 0. The zero-order chi connectivity index (χ0) is 18.5. The summed E-state index contributed by atoms with van der Waals surface area (Å²) in [6, 6.07) is 15.2. The summed E-state index contributed by atoms with van der Waals surface area (Å²) in [7, 11) is -0.502. The van der Waals surface area contributed by atoms with Crippen molar-refractivity contribution in [3.05, 3.63) is 72.3 Å². The summed E-state index contributed by atoms with van der Waals surface area (Å²) in [4.78, 5) is 21.1. The van der Waals surface area contributed by atoms with E-state index in [1.54, 1.807) is 35.9 Å². The predicted octanol–water partition coefficient (Wildman–Crippen LogP) is 2.57. The van der Waals surface area contributed by atoms with Crippen molar-refractivity contribution in [3.8, 4) is 11.4 Å². The molecule has 134 valence electrons. The molecule has 0 radical (unpaired) electrons. The summed E-state index contributed by atoms with van der Waals surface area (Å²) < 4.78 is 0. The Kier molecular flexibility index (Phi) is 3.85. The van der Waals surface area contributed by atoms with Gasteiger partial charge in [-0.1, -0.05) is 53.9 Å². The summed E-state index contributed by atoms with van der Waals surface area (Å²) in [5.41, 5.74) is 3.40. The van der Waals surface area contributed by atoms with Crippen molar-refractivity contribution in [3.63, 3.8) is 0 Å². The second kappa shape index (κ2) is 6.54. The molecule has 4 nitrogen and oxygen atoms in total. The fourth-order valence-corrected chi connectivity index (χ4v) is 7.71. The van der Waals surface area contributed by atoms with Crippen LogP contribution in [0.1, 0.15) is 11.3 Å². The highest BCUT2D eigenvalue weighted by atomic mass is 32.2. The van der Waals surface area contributed by atoms with Crippen LogP contribution in [0.5, 0.6) is 0 Å². The van der Waals surface area contributed by atoms with Crippen molar-refractivity contribution in [2.75, 3.05) is 0 Å². The van der Waals surface area contributed by atoms with E-state index in [0.717, 1.165) is 33.6 Å². The minimum atomic E-state index is -0.502. The van der Waals surface area contributed by atoms with Gasteiger partial charge in [-0.05, 0) is 28.1 Å². The van der Waals surface area contributed by atoms with Gasteiger partial charge in [0.25, 0.3) is 0 Å². The van der Waals surface area contributed by atoms with Gasteiger partial charge in [-0.15, -0.1) is 0 Å². The summed E-state index contributed by atoms with van der Waals surface area (Å²) >= 11 is 3.45. The standard InChI is InChI=1S/C21H14N4S2Si/c1-2-4-17-15(3-1)26-21-18(28-17)11-24-19(25-21)13-6-5-12-9-14-20(23-8-7-22-14)27-16(12)10-13/h1-8,10-11H,9,28H2. The minimum absolute atomic E-state index is 0.502. The Hall–Kier alpha value is -2.48. The van der Waals surface area contributed by atoms with Crippen molar-refractivity contribution in [1.82, 2.24) is 19.9 Å². The Morgan fingerprint density at radius 1 is 0.821 bits per heavy atom.